The van der Waals surface area contributed by atoms with Gasteiger partial charge in [0.1, 0.15) is 10.7 Å². The molecule has 0 bridgehead atoms. The lowest BCUT2D eigenvalue weighted by atomic mass is 10.1. The lowest BCUT2D eigenvalue weighted by Crippen LogP contribution is -1.90. The number of thioether (sulfide) groups is 1. The Morgan fingerprint density at radius 2 is 2.08 bits per heavy atom. The van der Waals surface area contributed by atoms with Crippen LogP contribution in [0, 0.1) is 19.7 Å². The second kappa shape index (κ2) is 6.53. The molecule has 0 aliphatic rings. The molecule has 0 spiro atoms. The average molecular weight is 372 g/mol. The molecular weight excluding hydrogens is 359 g/mol. The van der Waals surface area contributed by atoms with Crippen molar-refractivity contribution in [1.82, 2.24) is 20.2 Å². The summed E-state index contributed by atoms with van der Waals surface area (Å²) >= 11 is 2.93. The lowest BCUT2D eigenvalue weighted by Gasteiger charge is -2.04. The molecule has 0 aliphatic carbocycles. The van der Waals surface area contributed by atoms with Crippen molar-refractivity contribution in [2.45, 2.75) is 24.8 Å². The first-order valence-electron chi connectivity index (χ1n) is 7.54. The van der Waals surface area contributed by atoms with Crippen molar-refractivity contribution < 1.29 is 8.81 Å². The number of halogens is 1. The van der Waals surface area contributed by atoms with Crippen molar-refractivity contribution in [2.24, 2.45) is 0 Å². The van der Waals surface area contributed by atoms with E-state index in [1.54, 1.807) is 24.4 Å². The van der Waals surface area contributed by atoms with Crippen molar-refractivity contribution >= 4 is 34.0 Å². The molecule has 1 aromatic carbocycles. The number of fused-ring (bicyclic) bond motifs is 1. The number of aryl methyl sites for hydroxylation is 2. The molecule has 3 heterocycles. The maximum atomic E-state index is 13.9. The third-order valence-electron chi connectivity index (χ3n) is 3.66. The van der Waals surface area contributed by atoms with Crippen LogP contribution in [0.3, 0.4) is 0 Å². The van der Waals surface area contributed by atoms with Crippen LogP contribution in [-0.4, -0.2) is 20.2 Å². The minimum atomic E-state index is -0.270. The fourth-order valence-electron chi connectivity index (χ4n) is 2.54. The number of hydrogen-bond acceptors (Lipinski definition) is 7. The number of thiazole rings is 1. The maximum Gasteiger partial charge on any atom is 0.277 e. The van der Waals surface area contributed by atoms with E-state index in [1.165, 1.54) is 29.2 Å². The van der Waals surface area contributed by atoms with E-state index in [0.29, 0.717) is 27.8 Å². The Morgan fingerprint density at radius 3 is 2.88 bits per heavy atom. The van der Waals surface area contributed by atoms with Crippen LogP contribution in [0.5, 0.6) is 0 Å². The standard InChI is InChI=1S/C17H13FN4OS2/c1-9-15(25-10(2)20-9)16-21-22-17(23-16)24-8-11-5-6-13(18)12-4-3-7-19-14(11)12/h3-7H,8H2,1-2H3. The van der Waals surface area contributed by atoms with E-state index in [9.17, 15) is 4.39 Å². The third-order valence-corrected chi connectivity index (χ3v) is 5.58. The highest BCUT2D eigenvalue weighted by atomic mass is 32.2. The van der Waals surface area contributed by atoms with Crippen molar-refractivity contribution in [3.8, 4) is 10.8 Å². The van der Waals surface area contributed by atoms with Gasteiger partial charge < -0.3 is 4.42 Å². The monoisotopic (exact) mass is 372 g/mol. The Labute approximate surface area is 151 Å². The van der Waals surface area contributed by atoms with Crippen molar-refractivity contribution in [3.63, 3.8) is 0 Å². The van der Waals surface area contributed by atoms with E-state index < -0.39 is 0 Å². The summed E-state index contributed by atoms with van der Waals surface area (Å²) in [6, 6.07) is 6.66. The summed E-state index contributed by atoms with van der Waals surface area (Å²) in [6.07, 6.45) is 1.66. The summed E-state index contributed by atoms with van der Waals surface area (Å²) in [7, 11) is 0. The number of benzene rings is 1. The van der Waals surface area contributed by atoms with Crippen molar-refractivity contribution in [2.75, 3.05) is 0 Å². The molecule has 126 valence electrons. The lowest BCUT2D eigenvalue weighted by molar-refractivity contribution is 0.466. The molecule has 0 unspecified atom stereocenters. The van der Waals surface area contributed by atoms with Crippen LogP contribution < -0.4 is 0 Å². The van der Waals surface area contributed by atoms with Gasteiger partial charge in [0, 0.05) is 17.3 Å². The number of pyridine rings is 1. The second-order valence-electron chi connectivity index (χ2n) is 5.42. The molecule has 0 aliphatic heterocycles. The molecule has 0 saturated carbocycles. The van der Waals surface area contributed by atoms with Gasteiger partial charge in [-0.25, -0.2) is 9.37 Å². The first kappa shape index (κ1) is 16.2. The zero-order valence-electron chi connectivity index (χ0n) is 13.5. The van der Waals surface area contributed by atoms with E-state index in [1.807, 2.05) is 13.8 Å². The predicted molar refractivity (Wildman–Crippen MR) is 96.1 cm³/mol. The molecule has 0 saturated heterocycles. The average Bonchev–Trinajstić information content (AvgIpc) is 3.20. The number of aromatic nitrogens is 4. The molecule has 0 atom stereocenters. The maximum absolute atomic E-state index is 13.9. The van der Waals surface area contributed by atoms with Gasteiger partial charge in [0.15, 0.2) is 0 Å². The molecule has 0 fully saturated rings. The number of hydrogen-bond donors (Lipinski definition) is 0. The smallest absolute Gasteiger partial charge is 0.277 e. The molecule has 5 nitrogen and oxygen atoms in total. The Hall–Kier alpha value is -2.32. The highest BCUT2D eigenvalue weighted by molar-refractivity contribution is 7.98. The quantitative estimate of drug-likeness (QED) is 0.480. The molecule has 8 heteroatoms. The molecule has 3 aromatic heterocycles. The number of nitrogens with zero attached hydrogens (tertiary/aromatic N) is 4. The van der Waals surface area contributed by atoms with E-state index in [2.05, 4.69) is 20.2 Å². The van der Waals surface area contributed by atoms with Gasteiger partial charge in [-0.2, -0.15) is 0 Å². The second-order valence-corrected chi connectivity index (χ2v) is 7.55. The van der Waals surface area contributed by atoms with Gasteiger partial charge in [-0.15, -0.1) is 21.5 Å². The fraction of sp³-hybridized carbons (Fsp3) is 0.176. The van der Waals surface area contributed by atoms with Gasteiger partial charge in [0.2, 0.25) is 0 Å². The Morgan fingerprint density at radius 1 is 1.20 bits per heavy atom. The summed E-state index contributed by atoms with van der Waals surface area (Å²) in [4.78, 5) is 9.56. The minimum Gasteiger partial charge on any atom is -0.410 e. The van der Waals surface area contributed by atoms with E-state index in [-0.39, 0.29) is 5.82 Å². The topological polar surface area (TPSA) is 64.7 Å². The SMILES string of the molecule is Cc1nc(C)c(-c2nnc(SCc3ccc(F)c4cccnc34)o2)s1. The Bertz CT molecular complexity index is 1060. The minimum absolute atomic E-state index is 0.270. The van der Waals surface area contributed by atoms with Crippen LogP contribution in [-0.2, 0) is 5.75 Å². The first-order valence-corrected chi connectivity index (χ1v) is 9.35. The van der Waals surface area contributed by atoms with Gasteiger partial charge in [-0.1, -0.05) is 17.8 Å². The normalized spacial score (nSPS) is 11.3. The van der Waals surface area contributed by atoms with Gasteiger partial charge in [0.25, 0.3) is 11.1 Å². The van der Waals surface area contributed by atoms with Crippen LogP contribution >= 0.6 is 23.1 Å². The van der Waals surface area contributed by atoms with Gasteiger partial charge in [-0.3, -0.25) is 4.98 Å². The third kappa shape index (κ3) is 3.14. The number of rotatable bonds is 4. The summed E-state index contributed by atoms with van der Waals surface area (Å²) in [5.41, 5.74) is 2.46. The van der Waals surface area contributed by atoms with E-state index in [4.69, 9.17) is 4.42 Å². The zero-order valence-corrected chi connectivity index (χ0v) is 15.1. The van der Waals surface area contributed by atoms with Crippen LogP contribution in [0.15, 0.2) is 40.1 Å². The van der Waals surface area contributed by atoms with Crippen LogP contribution in [0.2, 0.25) is 0 Å². The van der Waals surface area contributed by atoms with Crippen molar-refractivity contribution in [1.29, 1.82) is 0 Å². The Balaban J connectivity index is 1.57. The predicted octanol–water partition coefficient (Wildman–Crippen LogP) is 4.79. The summed E-state index contributed by atoms with van der Waals surface area (Å²) < 4.78 is 19.6. The summed E-state index contributed by atoms with van der Waals surface area (Å²) in [5, 5.41) is 10.1. The molecule has 0 radical (unpaired) electrons. The largest absolute Gasteiger partial charge is 0.410 e. The van der Waals surface area contributed by atoms with Crippen LogP contribution in [0.4, 0.5) is 4.39 Å². The highest BCUT2D eigenvalue weighted by Gasteiger charge is 2.16. The fourth-order valence-corrected chi connectivity index (χ4v) is 4.13. The molecule has 0 N–H and O–H groups in total. The zero-order chi connectivity index (χ0) is 17.4. The molecular formula is C17H13FN4OS2. The Kier molecular flexibility index (Phi) is 4.22. The molecule has 25 heavy (non-hydrogen) atoms. The molecule has 4 rings (SSSR count). The molecule has 0 amide bonds. The summed E-state index contributed by atoms with van der Waals surface area (Å²) in [6.45, 7) is 3.87. The van der Waals surface area contributed by atoms with Gasteiger partial charge >= 0.3 is 0 Å². The molecule has 4 aromatic rings. The van der Waals surface area contributed by atoms with Crippen LogP contribution in [0.25, 0.3) is 21.7 Å². The summed E-state index contributed by atoms with van der Waals surface area (Å²) in [5.74, 6) is 0.775. The highest BCUT2D eigenvalue weighted by Crippen LogP contribution is 2.32. The first-order chi connectivity index (χ1) is 12.1. The van der Waals surface area contributed by atoms with Gasteiger partial charge in [0.05, 0.1) is 16.2 Å². The van der Waals surface area contributed by atoms with Crippen molar-refractivity contribution in [3.05, 3.63) is 52.5 Å². The van der Waals surface area contributed by atoms with Gasteiger partial charge in [-0.05, 0) is 37.6 Å². The van der Waals surface area contributed by atoms with Crippen LogP contribution in [0.1, 0.15) is 16.3 Å². The van der Waals surface area contributed by atoms with E-state index >= 15 is 0 Å². The van der Waals surface area contributed by atoms with E-state index in [0.717, 1.165) is 21.1 Å².